The number of halogens is 1. The number of amides is 1. The van der Waals surface area contributed by atoms with Crippen LogP contribution in [0.3, 0.4) is 0 Å². The number of carbonyl (C=O) groups excluding carboxylic acids is 1. The topological polar surface area (TPSA) is 71.3 Å². The fourth-order valence-electron chi connectivity index (χ4n) is 1.32. The third-order valence-corrected chi connectivity index (χ3v) is 2.65. The Kier molecular flexibility index (Phi) is 4.12. The normalized spacial score (nSPS) is 12.2. The van der Waals surface area contributed by atoms with E-state index in [1.54, 1.807) is 30.8 Å². The van der Waals surface area contributed by atoms with Crippen molar-refractivity contribution < 1.29 is 14.7 Å². The minimum atomic E-state index is -1.02. The van der Waals surface area contributed by atoms with Gasteiger partial charge in [0.2, 0.25) is 0 Å². The largest absolute Gasteiger partial charge is 0.480 e. The van der Waals surface area contributed by atoms with Crippen LogP contribution in [0.15, 0.2) is 16.7 Å². The molecule has 1 atom stereocenters. The first-order valence-electron chi connectivity index (χ1n) is 4.81. The Morgan fingerprint density at radius 1 is 1.62 bits per heavy atom. The lowest BCUT2D eigenvalue weighted by molar-refractivity contribution is -0.139. The molecule has 0 saturated carbocycles. The van der Waals surface area contributed by atoms with Crippen LogP contribution in [0.1, 0.15) is 23.8 Å². The van der Waals surface area contributed by atoms with E-state index in [0.717, 1.165) is 4.47 Å². The molecule has 16 heavy (non-hydrogen) atoms. The van der Waals surface area contributed by atoms with Gasteiger partial charge in [-0.25, -0.2) is 4.79 Å². The van der Waals surface area contributed by atoms with Gasteiger partial charge in [-0.3, -0.25) is 4.79 Å². The van der Waals surface area contributed by atoms with Gasteiger partial charge in [-0.1, -0.05) is 6.92 Å². The highest BCUT2D eigenvalue weighted by molar-refractivity contribution is 9.10. The smallest absolute Gasteiger partial charge is 0.326 e. The Hall–Kier alpha value is -1.30. The van der Waals surface area contributed by atoms with Crippen LogP contribution in [0.25, 0.3) is 0 Å². The van der Waals surface area contributed by atoms with E-state index in [0.29, 0.717) is 12.1 Å². The van der Waals surface area contributed by atoms with Gasteiger partial charge in [-0.2, -0.15) is 0 Å². The summed E-state index contributed by atoms with van der Waals surface area (Å²) in [4.78, 5) is 22.5. The number of hydrogen-bond donors (Lipinski definition) is 2. The lowest BCUT2D eigenvalue weighted by atomic mass is 10.2. The molecule has 0 saturated heterocycles. The number of hydrogen-bond acceptors (Lipinski definition) is 2. The molecule has 0 bridgehead atoms. The molecule has 6 heteroatoms. The molecule has 0 aliphatic rings. The van der Waals surface area contributed by atoms with Gasteiger partial charge in [0.1, 0.15) is 11.7 Å². The van der Waals surface area contributed by atoms with Crippen LogP contribution < -0.4 is 5.32 Å². The van der Waals surface area contributed by atoms with Gasteiger partial charge in [0.05, 0.1) is 0 Å². The Labute approximate surface area is 102 Å². The summed E-state index contributed by atoms with van der Waals surface area (Å²) in [7, 11) is 1.72. The molecule has 0 aromatic carbocycles. The number of nitrogens with one attached hydrogen (secondary N) is 1. The van der Waals surface area contributed by atoms with E-state index >= 15 is 0 Å². The van der Waals surface area contributed by atoms with Crippen LogP contribution in [-0.2, 0) is 11.8 Å². The van der Waals surface area contributed by atoms with Gasteiger partial charge in [0, 0.05) is 17.7 Å². The number of rotatable bonds is 4. The van der Waals surface area contributed by atoms with E-state index < -0.39 is 12.0 Å². The highest BCUT2D eigenvalue weighted by atomic mass is 79.9. The maximum absolute atomic E-state index is 11.7. The lowest BCUT2D eigenvalue weighted by Crippen LogP contribution is -2.40. The molecule has 2 N–H and O–H groups in total. The first-order chi connectivity index (χ1) is 7.45. The summed E-state index contributed by atoms with van der Waals surface area (Å²) in [5.41, 5.74) is 0.423. The van der Waals surface area contributed by atoms with Crippen molar-refractivity contribution in [3.63, 3.8) is 0 Å². The number of aromatic nitrogens is 1. The van der Waals surface area contributed by atoms with Crippen LogP contribution in [0, 0.1) is 0 Å². The lowest BCUT2D eigenvalue weighted by Gasteiger charge is -2.12. The molecule has 0 radical (unpaired) electrons. The summed E-state index contributed by atoms with van der Waals surface area (Å²) < 4.78 is 2.41. The molecule has 88 valence electrons. The zero-order valence-electron chi connectivity index (χ0n) is 9.03. The fraction of sp³-hybridized carbons (Fsp3) is 0.400. The van der Waals surface area contributed by atoms with Crippen molar-refractivity contribution in [3.05, 3.63) is 22.4 Å². The number of carboxylic acids is 1. The number of aliphatic carboxylic acids is 1. The van der Waals surface area contributed by atoms with Gasteiger partial charge in [0.25, 0.3) is 5.91 Å². The molecule has 0 aliphatic carbocycles. The summed E-state index contributed by atoms with van der Waals surface area (Å²) in [6, 6.07) is 0.797. The molecule has 1 aromatic heterocycles. The standard InChI is InChI=1S/C10H13BrN2O3/c1-3-7(10(15)16)12-9(14)8-4-6(11)5-13(8)2/h4-5,7H,3H2,1-2H3,(H,12,14)(H,15,16)/t7-/m1/s1. The second-order valence-electron chi connectivity index (χ2n) is 3.43. The highest BCUT2D eigenvalue weighted by Gasteiger charge is 2.20. The van der Waals surface area contributed by atoms with Gasteiger partial charge < -0.3 is 15.0 Å². The molecule has 1 heterocycles. The zero-order chi connectivity index (χ0) is 12.3. The van der Waals surface area contributed by atoms with Crippen LogP contribution in [0.4, 0.5) is 0 Å². The molecule has 1 amide bonds. The van der Waals surface area contributed by atoms with E-state index in [4.69, 9.17) is 5.11 Å². The summed E-state index contributed by atoms with van der Waals surface area (Å²) in [5, 5.41) is 11.3. The fourth-order valence-corrected chi connectivity index (χ4v) is 1.84. The molecule has 0 unspecified atom stereocenters. The van der Waals surface area contributed by atoms with Crippen LogP contribution in [-0.4, -0.2) is 27.6 Å². The monoisotopic (exact) mass is 288 g/mol. The minimum Gasteiger partial charge on any atom is -0.480 e. The molecule has 5 nitrogen and oxygen atoms in total. The SMILES string of the molecule is CC[C@@H](NC(=O)c1cc(Br)cn1C)C(=O)O. The summed E-state index contributed by atoms with van der Waals surface area (Å²) in [6.45, 7) is 1.71. The number of carboxylic acid groups (broad SMARTS) is 1. The van der Waals surface area contributed by atoms with Gasteiger partial charge >= 0.3 is 5.97 Å². The van der Waals surface area contributed by atoms with Crippen molar-refractivity contribution in [2.75, 3.05) is 0 Å². The van der Waals surface area contributed by atoms with Crippen molar-refractivity contribution in [2.24, 2.45) is 7.05 Å². The molecule has 0 aliphatic heterocycles. The third kappa shape index (κ3) is 2.85. The van der Waals surface area contributed by atoms with Gasteiger partial charge in [0.15, 0.2) is 0 Å². The maximum Gasteiger partial charge on any atom is 0.326 e. The average Bonchev–Trinajstić information content (AvgIpc) is 2.53. The van der Waals surface area contributed by atoms with Crippen molar-refractivity contribution in [3.8, 4) is 0 Å². The second kappa shape index (κ2) is 5.16. The Balaban J connectivity index is 2.79. The number of carbonyl (C=O) groups is 2. The summed E-state index contributed by atoms with van der Waals surface area (Å²) in [6.07, 6.45) is 2.09. The van der Waals surface area contributed by atoms with E-state index in [2.05, 4.69) is 21.2 Å². The number of nitrogens with zero attached hydrogens (tertiary/aromatic N) is 1. The first kappa shape index (κ1) is 12.8. The second-order valence-corrected chi connectivity index (χ2v) is 4.34. The summed E-state index contributed by atoms with van der Waals surface area (Å²) in [5.74, 6) is -1.41. The van der Waals surface area contributed by atoms with Crippen LogP contribution in [0.5, 0.6) is 0 Å². The zero-order valence-corrected chi connectivity index (χ0v) is 10.6. The van der Waals surface area contributed by atoms with E-state index in [1.807, 2.05) is 0 Å². The molecule has 1 rings (SSSR count). The predicted octanol–water partition coefficient (Wildman–Crippen LogP) is 1.38. The van der Waals surface area contributed by atoms with Crippen LogP contribution in [0.2, 0.25) is 0 Å². The predicted molar refractivity (Wildman–Crippen MR) is 62.3 cm³/mol. The van der Waals surface area contributed by atoms with Gasteiger partial charge in [-0.05, 0) is 28.4 Å². The van der Waals surface area contributed by atoms with E-state index in [9.17, 15) is 9.59 Å². The molecular weight excluding hydrogens is 276 g/mol. The minimum absolute atomic E-state index is 0.354. The molecule has 0 fully saturated rings. The van der Waals surface area contributed by atoms with Crippen molar-refractivity contribution in [1.29, 1.82) is 0 Å². The van der Waals surface area contributed by atoms with Gasteiger partial charge in [-0.15, -0.1) is 0 Å². The highest BCUT2D eigenvalue weighted by Crippen LogP contribution is 2.13. The Morgan fingerprint density at radius 2 is 2.25 bits per heavy atom. The quantitative estimate of drug-likeness (QED) is 0.879. The maximum atomic E-state index is 11.7. The first-order valence-corrected chi connectivity index (χ1v) is 5.60. The summed E-state index contributed by atoms with van der Waals surface area (Å²) >= 11 is 3.25. The molecule has 0 spiro atoms. The molecule has 1 aromatic rings. The number of aryl methyl sites for hydroxylation is 1. The molecular formula is C10H13BrN2O3. The van der Waals surface area contributed by atoms with Crippen molar-refractivity contribution in [2.45, 2.75) is 19.4 Å². The van der Waals surface area contributed by atoms with E-state index in [-0.39, 0.29) is 5.91 Å². The van der Waals surface area contributed by atoms with E-state index in [1.165, 1.54) is 0 Å². The average molecular weight is 289 g/mol. The Bertz CT molecular complexity index is 414. The van der Waals surface area contributed by atoms with Crippen LogP contribution >= 0.6 is 15.9 Å². The third-order valence-electron chi connectivity index (χ3n) is 2.22. The Morgan fingerprint density at radius 3 is 2.62 bits per heavy atom. The van der Waals surface area contributed by atoms with Crippen molar-refractivity contribution >= 4 is 27.8 Å². The van der Waals surface area contributed by atoms with Crippen molar-refractivity contribution in [1.82, 2.24) is 9.88 Å².